The highest BCUT2D eigenvalue weighted by atomic mass is 35.5. The summed E-state index contributed by atoms with van der Waals surface area (Å²) in [7, 11) is 2.12. The van der Waals surface area contributed by atoms with Crippen LogP contribution in [0.15, 0.2) is 52.9 Å². The lowest BCUT2D eigenvalue weighted by molar-refractivity contribution is -0.925. The topological polar surface area (TPSA) is 43.4 Å². The highest BCUT2D eigenvalue weighted by Gasteiger charge is 2.22. The number of halogens is 1. The number of hydrogen-bond acceptors (Lipinski definition) is 3. The molecule has 5 heteroatoms. The number of aromatic nitrogens is 2. The molecule has 0 aliphatic rings. The molecular formula is C19H21ClN3O+. The maximum absolute atomic E-state index is 5.94. The van der Waals surface area contributed by atoms with Crippen LogP contribution in [0.25, 0.3) is 11.5 Å². The molecule has 0 saturated carbocycles. The zero-order valence-electron chi connectivity index (χ0n) is 14.1. The van der Waals surface area contributed by atoms with Gasteiger partial charge in [-0.05, 0) is 38.1 Å². The largest absolute Gasteiger partial charge is 0.415 e. The van der Waals surface area contributed by atoms with Crippen LogP contribution in [0.5, 0.6) is 0 Å². The Kier molecular flexibility index (Phi) is 4.97. The van der Waals surface area contributed by atoms with Gasteiger partial charge < -0.3 is 9.32 Å². The molecule has 2 aromatic carbocycles. The molecule has 0 aliphatic carbocycles. The summed E-state index contributed by atoms with van der Waals surface area (Å²) < 4.78 is 5.90. The second-order valence-corrected chi connectivity index (χ2v) is 6.62. The predicted molar refractivity (Wildman–Crippen MR) is 94.9 cm³/mol. The van der Waals surface area contributed by atoms with Crippen molar-refractivity contribution in [3.63, 3.8) is 0 Å². The summed E-state index contributed by atoms with van der Waals surface area (Å²) in [5.41, 5.74) is 3.35. The minimum atomic E-state index is 0.103. The van der Waals surface area contributed by atoms with E-state index in [9.17, 15) is 0 Å². The fraction of sp³-hybridized carbons (Fsp3) is 0.263. The molecular weight excluding hydrogens is 322 g/mol. The molecule has 0 bridgehead atoms. The Hall–Kier alpha value is -2.17. The van der Waals surface area contributed by atoms with Crippen molar-refractivity contribution in [2.24, 2.45) is 0 Å². The van der Waals surface area contributed by atoms with Crippen molar-refractivity contribution in [2.75, 3.05) is 7.05 Å². The average Bonchev–Trinajstić information content (AvgIpc) is 3.06. The second kappa shape index (κ2) is 7.16. The van der Waals surface area contributed by atoms with Gasteiger partial charge in [0, 0.05) is 16.1 Å². The number of rotatable bonds is 5. The molecule has 24 heavy (non-hydrogen) atoms. The molecule has 4 nitrogen and oxygen atoms in total. The van der Waals surface area contributed by atoms with Crippen molar-refractivity contribution >= 4 is 11.6 Å². The Morgan fingerprint density at radius 3 is 2.58 bits per heavy atom. The van der Waals surface area contributed by atoms with Crippen LogP contribution in [-0.4, -0.2) is 17.2 Å². The van der Waals surface area contributed by atoms with Gasteiger partial charge in [0.25, 0.3) is 5.89 Å². The van der Waals surface area contributed by atoms with Gasteiger partial charge in [0.2, 0.25) is 5.89 Å². The molecule has 0 saturated heterocycles. The zero-order chi connectivity index (χ0) is 17.1. The van der Waals surface area contributed by atoms with Gasteiger partial charge in [-0.15, -0.1) is 10.2 Å². The number of aryl methyl sites for hydroxylation is 1. The summed E-state index contributed by atoms with van der Waals surface area (Å²) in [5.74, 6) is 1.22. The van der Waals surface area contributed by atoms with Crippen LogP contribution in [0.4, 0.5) is 0 Å². The number of hydrogen-bond donors (Lipinski definition) is 1. The molecule has 0 amide bonds. The molecule has 0 aliphatic heterocycles. The average molecular weight is 343 g/mol. The third kappa shape index (κ3) is 3.83. The van der Waals surface area contributed by atoms with Crippen molar-refractivity contribution in [3.8, 4) is 11.5 Å². The minimum absolute atomic E-state index is 0.103. The van der Waals surface area contributed by atoms with E-state index < -0.39 is 0 Å². The summed E-state index contributed by atoms with van der Waals surface area (Å²) in [4.78, 5) is 1.27. The quantitative estimate of drug-likeness (QED) is 0.772. The molecule has 0 fully saturated rings. The van der Waals surface area contributed by atoms with Gasteiger partial charge in [-0.3, -0.25) is 0 Å². The number of quaternary nitrogens is 1. The maximum atomic E-state index is 5.94. The minimum Gasteiger partial charge on any atom is -0.415 e. The van der Waals surface area contributed by atoms with Gasteiger partial charge in [-0.25, -0.2) is 0 Å². The highest BCUT2D eigenvalue weighted by Crippen LogP contribution is 2.20. The van der Waals surface area contributed by atoms with Gasteiger partial charge in [-0.2, -0.15) is 0 Å². The summed E-state index contributed by atoms with van der Waals surface area (Å²) in [5, 5.41) is 9.20. The van der Waals surface area contributed by atoms with Gasteiger partial charge in [-0.1, -0.05) is 41.4 Å². The molecule has 2 atom stereocenters. The lowest BCUT2D eigenvalue weighted by Gasteiger charge is -2.18. The first-order valence-corrected chi connectivity index (χ1v) is 8.38. The Morgan fingerprint density at radius 1 is 1.12 bits per heavy atom. The van der Waals surface area contributed by atoms with E-state index in [0.29, 0.717) is 11.8 Å². The Labute approximate surface area is 147 Å². The van der Waals surface area contributed by atoms with Crippen LogP contribution >= 0.6 is 11.6 Å². The molecule has 0 spiro atoms. The van der Waals surface area contributed by atoms with Crippen LogP contribution in [0, 0.1) is 6.92 Å². The van der Waals surface area contributed by atoms with Crippen LogP contribution < -0.4 is 4.90 Å². The van der Waals surface area contributed by atoms with E-state index in [1.807, 2.05) is 55.5 Å². The van der Waals surface area contributed by atoms with E-state index in [1.165, 1.54) is 16.0 Å². The fourth-order valence-corrected chi connectivity index (χ4v) is 2.72. The number of benzene rings is 2. The molecule has 3 aromatic rings. The van der Waals surface area contributed by atoms with Crippen molar-refractivity contribution in [1.82, 2.24) is 10.2 Å². The first-order chi connectivity index (χ1) is 11.5. The van der Waals surface area contributed by atoms with Gasteiger partial charge >= 0.3 is 0 Å². The predicted octanol–water partition coefficient (Wildman–Crippen LogP) is 3.47. The first-order valence-electron chi connectivity index (χ1n) is 8.00. The van der Waals surface area contributed by atoms with Gasteiger partial charge in [0.1, 0.15) is 6.54 Å². The van der Waals surface area contributed by atoms with Crippen molar-refractivity contribution in [1.29, 1.82) is 0 Å². The van der Waals surface area contributed by atoms with E-state index in [4.69, 9.17) is 16.0 Å². The second-order valence-electron chi connectivity index (χ2n) is 6.19. The number of nitrogens with zero attached hydrogens (tertiary/aromatic N) is 2. The monoisotopic (exact) mass is 342 g/mol. The number of nitrogens with one attached hydrogen (secondary N) is 1. The maximum Gasteiger partial charge on any atom is 0.274 e. The Balaban J connectivity index is 1.73. The zero-order valence-corrected chi connectivity index (χ0v) is 14.8. The van der Waals surface area contributed by atoms with Gasteiger partial charge in [0.05, 0.1) is 7.05 Å². The Bertz CT molecular complexity index is 813. The van der Waals surface area contributed by atoms with Crippen LogP contribution in [0.2, 0.25) is 5.02 Å². The molecule has 124 valence electrons. The summed E-state index contributed by atoms with van der Waals surface area (Å²) in [6.45, 7) is 5.01. The van der Waals surface area contributed by atoms with E-state index in [0.717, 1.165) is 17.1 Å². The Morgan fingerprint density at radius 2 is 1.88 bits per heavy atom. The van der Waals surface area contributed by atoms with Crippen LogP contribution in [0.1, 0.15) is 30.0 Å². The smallest absolute Gasteiger partial charge is 0.274 e. The van der Waals surface area contributed by atoms with Crippen LogP contribution in [0.3, 0.4) is 0 Å². The van der Waals surface area contributed by atoms with Crippen LogP contribution in [-0.2, 0) is 6.54 Å². The standard InChI is InChI=1S/C19H20ClN3O/c1-13-5-4-6-16(11-13)19-22-21-18(24-19)14(2)23(3)12-15-7-9-17(20)10-8-15/h4-11,14H,12H2,1-3H3/p+1/t14-/m1/s1. The summed E-state index contributed by atoms with van der Waals surface area (Å²) in [6.07, 6.45) is 0. The van der Waals surface area contributed by atoms with Gasteiger partial charge in [0.15, 0.2) is 6.04 Å². The van der Waals surface area contributed by atoms with Crippen molar-refractivity contribution in [3.05, 3.63) is 70.6 Å². The van der Waals surface area contributed by atoms with Crippen molar-refractivity contribution in [2.45, 2.75) is 26.4 Å². The van der Waals surface area contributed by atoms with E-state index in [2.05, 4.69) is 24.2 Å². The fourth-order valence-electron chi connectivity index (χ4n) is 2.59. The molecule has 1 heterocycles. The molecule has 1 unspecified atom stereocenters. The lowest BCUT2D eigenvalue weighted by atomic mass is 10.1. The first kappa shape index (κ1) is 16.7. The molecule has 0 radical (unpaired) electrons. The SMILES string of the molecule is Cc1cccc(-c2nnc([C@@H](C)[NH+](C)Cc3ccc(Cl)cc3)o2)c1. The highest BCUT2D eigenvalue weighted by molar-refractivity contribution is 6.30. The van der Waals surface area contributed by atoms with E-state index in [1.54, 1.807) is 0 Å². The normalized spacial score (nSPS) is 13.7. The van der Waals surface area contributed by atoms with E-state index in [-0.39, 0.29) is 6.04 Å². The molecule has 1 aromatic heterocycles. The van der Waals surface area contributed by atoms with E-state index >= 15 is 0 Å². The third-order valence-corrected chi connectivity index (χ3v) is 4.46. The molecule has 1 N–H and O–H groups in total. The van der Waals surface area contributed by atoms with Crippen molar-refractivity contribution < 1.29 is 9.32 Å². The summed E-state index contributed by atoms with van der Waals surface area (Å²) in [6, 6.07) is 16.1. The lowest BCUT2D eigenvalue weighted by Crippen LogP contribution is -3.07. The molecule has 3 rings (SSSR count). The summed E-state index contributed by atoms with van der Waals surface area (Å²) >= 11 is 5.94. The third-order valence-electron chi connectivity index (χ3n) is 4.21.